The van der Waals surface area contributed by atoms with E-state index in [0.717, 1.165) is 17.1 Å². The zero-order chi connectivity index (χ0) is 18.7. The molecule has 0 aliphatic heterocycles. The van der Waals surface area contributed by atoms with Gasteiger partial charge in [0.1, 0.15) is 5.82 Å². The van der Waals surface area contributed by atoms with Crippen molar-refractivity contribution >= 4 is 11.6 Å². The molecule has 0 spiro atoms. The number of hydrogen-bond acceptors (Lipinski definition) is 4. The summed E-state index contributed by atoms with van der Waals surface area (Å²) in [4.78, 5) is 27.3. The lowest BCUT2D eigenvalue weighted by atomic mass is 10.1. The molecule has 0 saturated heterocycles. The molecule has 1 heterocycles. The zero-order valence-corrected chi connectivity index (χ0v) is 14.5. The number of nitro groups is 1. The standard InChI is InChI=1S/C19H18N4O3/c1-13-16(7-5-9-17(13)23(25)26)19(24)21-12-15-6-3-4-8-18(15)22-11-10-20-14(22)2/h3-11H,12H2,1-2H3,(H,21,24). The summed E-state index contributed by atoms with van der Waals surface area (Å²) in [7, 11) is 0. The highest BCUT2D eigenvalue weighted by Crippen LogP contribution is 2.21. The normalized spacial score (nSPS) is 10.5. The number of aryl methyl sites for hydroxylation is 1. The Morgan fingerprint density at radius 1 is 1.19 bits per heavy atom. The first kappa shape index (κ1) is 17.3. The second-order valence-corrected chi connectivity index (χ2v) is 5.86. The highest BCUT2D eigenvalue weighted by atomic mass is 16.6. The Bertz CT molecular complexity index is 978. The number of imidazole rings is 1. The van der Waals surface area contributed by atoms with E-state index in [-0.39, 0.29) is 11.6 Å². The fraction of sp³-hybridized carbons (Fsp3) is 0.158. The second kappa shape index (κ2) is 7.18. The summed E-state index contributed by atoms with van der Waals surface area (Å²) in [6.45, 7) is 3.78. The Kier molecular flexibility index (Phi) is 4.79. The minimum absolute atomic E-state index is 0.0629. The lowest BCUT2D eigenvalue weighted by Crippen LogP contribution is -2.24. The topological polar surface area (TPSA) is 90.1 Å². The molecule has 0 fully saturated rings. The molecule has 0 aliphatic rings. The largest absolute Gasteiger partial charge is 0.348 e. The van der Waals surface area contributed by atoms with Gasteiger partial charge in [0.05, 0.1) is 10.6 Å². The third-order valence-electron chi connectivity index (χ3n) is 4.26. The van der Waals surface area contributed by atoms with Gasteiger partial charge in [0.2, 0.25) is 0 Å². The highest BCUT2D eigenvalue weighted by Gasteiger charge is 2.18. The number of carbonyl (C=O) groups excluding carboxylic acids is 1. The van der Waals surface area contributed by atoms with Gasteiger partial charge in [-0.3, -0.25) is 14.9 Å². The van der Waals surface area contributed by atoms with Gasteiger partial charge in [0, 0.05) is 36.1 Å². The molecule has 0 atom stereocenters. The van der Waals surface area contributed by atoms with Gasteiger partial charge in [-0.15, -0.1) is 0 Å². The summed E-state index contributed by atoms with van der Waals surface area (Å²) < 4.78 is 1.94. The first-order valence-electron chi connectivity index (χ1n) is 8.09. The highest BCUT2D eigenvalue weighted by molar-refractivity contribution is 5.96. The quantitative estimate of drug-likeness (QED) is 0.564. The summed E-state index contributed by atoms with van der Waals surface area (Å²) in [6.07, 6.45) is 3.58. The van der Waals surface area contributed by atoms with Crippen LogP contribution in [0, 0.1) is 24.0 Å². The van der Waals surface area contributed by atoms with E-state index >= 15 is 0 Å². The van der Waals surface area contributed by atoms with Crippen LogP contribution in [0.5, 0.6) is 0 Å². The Labute approximate surface area is 150 Å². The van der Waals surface area contributed by atoms with Crippen molar-refractivity contribution in [2.45, 2.75) is 20.4 Å². The van der Waals surface area contributed by atoms with Crippen molar-refractivity contribution in [2.24, 2.45) is 0 Å². The number of benzene rings is 2. The maximum absolute atomic E-state index is 12.5. The predicted octanol–water partition coefficient (Wildman–Crippen LogP) is 3.33. The zero-order valence-electron chi connectivity index (χ0n) is 14.5. The summed E-state index contributed by atoms with van der Waals surface area (Å²) in [5, 5.41) is 13.9. The number of nitrogens with zero attached hydrogens (tertiary/aromatic N) is 3. The minimum atomic E-state index is -0.483. The summed E-state index contributed by atoms with van der Waals surface area (Å²) >= 11 is 0. The van der Waals surface area contributed by atoms with E-state index in [1.54, 1.807) is 19.2 Å². The Morgan fingerprint density at radius 3 is 2.65 bits per heavy atom. The monoisotopic (exact) mass is 350 g/mol. The number of rotatable bonds is 5. The van der Waals surface area contributed by atoms with E-state index in [2.05, 4.69) is 10.3 Å². The molecule has 3 rings (SSSR count). The van der Waals surface area contributed by atoms with Crippen LogP contribution in [-0.2, 0) is 6.54 Å². The molecule has 0 radical (unpaired) electrons. The SMILES string of the molecule is Cc1c(C(=O)NCc2ccccc2-n2ccnc2C)cccc1[N+](=O)[O-]. The van der Waals surface area contributed by atoms with E-state index < -0.39 is 4.92 Å². The molecule has 1 amide bonds. The lowest BCUT2D eigenvalue weighted by molar-refractivity contribution is -0.385. The number of hydrogen-bond donors (Lipinski definition) is 1. The minimum Gasteiger partial charge on any atom is -0.348 e. The molecule has 0 aliphatic carbocycles. The molecule has 132 valence electrons. The van der Waals surface area contributed by atoms with Gasteiger partial charge in [0.25, 0.3) is 11.6 Å². The van der Waals surface area contributed by atoms with Gasteiger partial charge in [-0.1, -0.05) is 24.3 Å². The third-order valence-corrected chi connectivity index (χ3v) is 4.26. The molecule has 1 N–H and O–H groups in total. The van der Waals surface area contributed by atoms with Crippen LogP contribution in [0.2, 0.25) is 0 Å². The van der Waals surface area contributed by atoms with Crippen molar-refractivity contribution in [1.82, 2.24) is 14.9 Å². The molecular weight excluding hydrogens is 332 g/mol. The molecule has 26 heavy (non-hydrogen) atoms. The van der Waals surface area contributed by atoms with Crippen LogP contribution in [0.15, 0.2) is 54.9 Å². The van der Waals surface area contributed by atoms with E-state index in [4.69, 9.17) is 0 Å². The average Bonchev–Trinajstić information content (AvgIpc) is 3.05. The van der Waals surface area contributed by atoms with Crippen LogP contribution < -0.4 is 5.32 Å². The number of amides is 1. The van der Waals surface area contributed by atoms with Crippen molar-refractivity contribution < 1.29 is 9.72 Å². The van der Waals surface area contributed by atoms with Crippen molar-refractivity contribution in [3.8, 4) is 5.69 Å². The maximum atomic E-state index is 12.5. The van der Waals surface area contributed by atoms with Crippen LogP contribution in [0.4, 0.5) is 5.69 Å². The molecule has 1 aromatic heterocycles. The third kappa shape index (κ3) is 3.32. The van der Waals surface area contributed by atoms with Crippen LogP contribution >= 0.6 is 0 Å². The second-order valence-electron chi connectivity index (χ2n) is 5.86. The van der Waals surface area contributed by atoms with Gasteiger partial charge >= 0.3 is 0 Å². The summed E-state index contributed by atoms with van der Waals surface area (Å²) in [5.41, 5.74) is 2.44. The Balaban J connectivity index is 1.83. The molecule has 2 aromatic carbocycles. The fourth-order valence-corrected chi connectivity index (χ4v) is 2.87. The van der Waals surface area contributed by atoms with E-state index in [0.29, 0.717) is 17.7 Å². The predicted molar refractivity (Wildman–Crippen MR) is 97.3 cm³/mol. The van der Waals surface area contributed by atoms with Gasteiger partial charge in [-0.25, -0.2) is 4.98 Å². The smallest absolute Gasteiger partial charge is 0.273 e. The number of para-hydroxylation sites is 1. The number of nitro benzene ring substituents is 1. The van der Waals surface area contributed by atoms with Crippen molar-refractivity contribution in [3.63, 3.8) is 0 Å². The molecular formula is C19H18N4O3. The fourth-order valence-electron chi connectivity index (χ4n) is 2.87. The molecule has 0 bridgehead atoms. The average molecular weight is 350 g/mol. The van der Waals surface area contributed by atoms with Gasteiger partial charge in [-0.05, 0) is 31.5 Å². The van der Waals surface area contributed by atoms with Crippen LogP contribution in [0.3, 0.4) is 0 Å². The van der Waals surface area contributed by atoms with E-state index in [1.807, 2.05) is 42.0 Å². The number of aromatic nitrogens is 2. The van der Waals surface area contributed by atoms with Crippen molar-refractivity contribution in [3.05, 3.63) is 87.5 Å². The van der Waals surface area contributed by atoms with Crippen LogP contribution in [0.1, 0.15) is 27.3 Å². The first-order chi connectivity index (χ1) is 12.5. The molecule has 3 aromatic rings. The summed E-state index contributed by atoms with van der Waals surface area (Å²) in [6, 6.07) is 12.2. The molecule has 7 nitrogen and oxygen atoms in total. The Hall–Kier alpha value is -3.48. The van der Waals surface area contributed by atoms with Gasteiger partial charge < -0.3 is 9.88 Å². The maximum Gasteiger partial charge on any atom is 0.273 e. The number of carbonyl (C=O) groups is 1. The van der Waals surface area contributed by atoms with Crippen molar-refractivity contribution in [2.75, 3.05) is 0 Å². The molecule has 7 heteroatoms. The van der Waals surface area contributed by atoms with Crippen molar-refractivity contribution in [1.29, 1.82) is 0 Å². The molecule has 0 unspecified atom stereocenters. The van der Waals surface area contributed by atoms with Gasteiger partial charge in [0.15, 0.2) is 0 Å². The summed E-state index contributed by atoms with van der Waals surface area (Å²) in [5.74, 6) is 0.502. The van der Waals surface area contributed by atoms with E-state index in [9.17, 15) is 14.9 Å². The molecule has 0 saturated carbocycles. The van der Waals surface area contributed by atoms with Crippen LogP contribution in [-0.4, -0.2) is 20.4 Å². The van der Waals surface area contributed by atoms with Crippen LogP contribution in [0.25, 0.3) is 5.69 Å². The van der Waals surface area contributed by atoms with Gasteiger partial charge in [-0.2, -0.15) is 0 Å². The lowest BCUT2D eigenvalue weighted by Gasteiger charge is -2.13. The van der Waals surface area contributed by atoms with E-state index in [1.165, 1.54) is 12.1 Å². The Morgan fingerprint density at radius 2 is 1.96 bits per heavy atom. The first-order valence-corrected chi connectivity index (χ1v) is 8.09. The number of nitrogens with one attached hydrogen (secondary N) is 1.